The highest BCUT2D eigenvalue weighted by Gasteiger charge is 2.20. The van der Waals surface area contributed by atoms with Crippen LogP contribution in [-0.2, 0) is 4.79 Å². The van der Waals surface area contributed by atoms with E-state index in [1.807, 2.05) is 49.7 Å². The summed E-state index contributed by atoms with van der Waals surface area (Å²) in [5.74, 6) is -0.0427. The molecule has 1 amide bonds. The van der Waals surface area contributed by atoms with E-state index in [0.717, 1.165) is 11.1 Å². The Morgan fingerprint density at radius 1 is 1.23 bits per heavy atom. The fourth-order valence-electron chi connectivity index (χ4n) is 2.14. The number of thiophene rings is 1. The van der Waals surface area contributed by atoms with E-state index >= 15 is 0 Å². The van der Waals surface area contributed by atoms with Crippen molar-refractivity contribution < 1.29 is 4.79 Å². The Hall–Kier alpha value is -1.07. The molecule has 2 aromatic rings. The molecule has 1 aromatic heterocycles. The van der Waals surface area contributed by atoms with Crippen molar-refractivity contribution in [1.82, 2.24) is 10.6 Å². The highest BCUT2D eigenvalue weighted by atomic mass is 35.5. The van der Waals surface area contributed by atoms with Crippen molar-refractivity contribution in [2.75, 3.05) is 13.6 Å². The third-order valence-corrected chi connectivity index (χ3v) is 4.28. The summed E-state index contributed by atoms with van der Waals surface area (Å²) >= 11 is 7.57. The lowest BCUT2D eigenvalue weighted by Gasteiger charge is -2.21. The number of nitrogens with one attached hydrogen (secondary N) is 2. The van der Waals surface area contributed by atoms with Gasteiger partial charge in [0.05, 0.1) is 6.04 Å². The van der Waals surface area contributed by atoms with Gasteiger partial charge < -0.3 is 10.6 Å². The van der Waals surface area contributed by atoms with Crippen molar-refractivity contribution in [3.05, 3.63) is 57.2 Å². The fraction of sp³-hybridized carbons (Fsp3) is 0.312. The van der Waals surface area contributed by atoms with Crippen LogP contribution in [-0.4, -0.2) is 19.5 Å². The average molecular weight is 359 g/mol. The molecular formula is C16H20Cl2N2OS. The zero-order chi connectivity index (χ0) is 15.2. The lowest BCUT2D eigenvalue weighted by molar-refractivity contribution is -0.124. The SMILES string of the molecule is CNCC(C)C(=O)NC(c1ccc(Cl)cc1)c1ccsc1.Cl. The standard InChI is InChI=1S/C16H19ClN2OS.ClH/c1-11(9-18-2)16(20)19-15(13-7-8-21-10-13)12-3-5-14(17)6-4-12;/h3-8,10-11,15,18H,9H2,1-2H3,(H,19,20);1H. The van der Waals surface area contributed by atoms with Crippen molar-refractivity contribution in [3.8, 4) is 0 Å². The molecule has 0 aliphatic carbocycles. The lowest BCUT2D eigenvalue weighted by atomic mass is 10.00. The maximum Gasteiger partial charge on any atom is 0.224 e. The molecule has 0 fully saturated rings. The summed E-state index contributed by atoms with van der Waals surface area (Å²) < 4.78 is 0. The number of carbonyl (C=O) groups is 1. The van der Waals surface area contributed by atoms with Crippen LogP contribution in [0.15, 0.2) is 41.1 Å². The minimum absolute atomic E-state index is 0. The third kappa shape index (κ3) is 4.99. The fourth-order valence-corrected chi connectivity index (χ4v) is 2.95. The first-order chi connectivity index (χ1) is 10.1. The molecule has 2 N–H and O–H groups in total. The Bertz CT molecular complexity index is 572. The zero-order valence-corrected chi connectivity index (χ0v) is 14.9. The summed E-state index contributed by atoms with van der Waals surface area (Å²) in [5, 5.41) is 10.9. The predicted octanol–water partition coefficient (Wildman–Crippen LogP) is 3.88. The van der Waals surface area contributed by atoms with E-state index in [4.69, 9.17) is 11.6 Å². The quantitative estimate of drug-likeness (QED) is 0.822. The van der Waals surface area contributed by atoms with Gasteiger partial charge in [0, 0.05) is 17.5 Å². The van der Waals surface area contributed by atoms with Crippen LogP contribution in [0.5, 0.6) is 0 Å². The average Bonchev–Trinajstić information content (AvgIpc) is 3.00. The van der Waals surface area contributed by atoms with Gasteiger partial charge in [0.2, 0.25) is 5.91 Å². The Kier molecular flexibility index (Phi) is 7.90. The number of hydrogen-bond donors (Lipinski definition) is 2. The van der Waals surface area contributed by atoms with Crippen molar-refractivity contribution >= 4 is 41.3 Å². The van der Waals surface area contributed by atoms with Crippen molar-refractivity contribution in [3.63, 3.8) is 0 Å². The highest BCUT2D eigenvalue weighted by molar-refractivity contribution is 7.08. The van der Waals surface area contributed by atoms with Crippen LogP contribution >= 0.6 is 35.3 Å². The molecule has 1 heterocycles. The molecule has 2 rings (SSSR count). The first-order valence-electron chi connectivity index (χ1n) is 6.84. The molecule has 120 valence electrons. The van der Waals surface area contributed by atoms with Crippen molar-refractivity contribution in [2.24, 2.45) is 5.92 Å². The molecule has 1 aromatic carbocycles. The normalized spacial score (nSPS) is 13.0. The second-order valence-electron chi connectivity index (χ2n) is 5.01. The van der Waals surface area contributed by atoms with Gasteiger partial charge in [-0.2, -0.15) is 11.3 Å². The van der Waals surface area contributed by atoms with Gasteiger partial charge in [-0.3, -0.25) is 4.79 Å². The van der Waals surface area contributed by atoms with E-state index in [1.165, 1.54) is 0 Å². The number of hydrogen-bond acceptors (Lipinski definition) is 3. The topological polar surface area (TPSA) is 41.1 Å². The number of rotatable bonds is 6. The maximum atomic E-state index is 12.3. The minimum atomic E-state index is -0.139. The first kappa shape index (κ1) is 19.0. The molecule has 6 heteroatoms. The molecular weight excluding hydrogens is 339 g/mol. The van der Waals surface area contributed by atoms with Crippen LogP contribution in [0.2, 0.25) is 5.02 Å². The Morgan fingerprint density at radius 2 is 1.91 bits per heavy atom. The Morgan fingerprint density at radius 3 is 2.45 bits per heavy atom. The van der Waals surface area contributed by atoms with Gasteiger partial charge in [-0.1, -0.05) is 30.7 Å². The summed E-state index contributed by atoms with van der Waals surface area (Å²) in [7, 11) is 1.85. The zero-order valence-electron chi connectivity index (χ0n) is 12.5. The van der Waals surface area contributed by atoms with Crippen LogP contribution in [0.25, 0.3) is 0 Å². The molecule has 0 radical (unpaired) electrons. The molecule has 0 saturated heterocycles. The number of benzene rings is 1. The molecule has 0 aliphatic rings. The van der Waals surface area contributed by atoms with Crippen LogP contribution in [0, 0.1) is 5.92 Å². The molecule has 0 aliphatic heterocycles. The largest absolute Gasteiger partial charge is 0.345 e. The smallest absolute Gasteiger partial charge is 0.224 e. The predicted molar refractivity (Wildman–Crippen MR) is 96.1 cm³/mol. The van der Waals surface area contributed by atoms with Gasteiger partial charge in [-0.15, -0.1) is 12.4 Å². The van der Waals surface area contributed by atoms with E-state index in [-0.39, 0.29) is 30.3 Å². The van der Waals surface area contributed by atoms with Gasteiger partial charge in [0.15, 0.2) is 0 Å². The van der Waals surface area contributed by atoms with Crippen molar-refractivity contribution in [1.29, 1.82) is 0 Å². The second kappa shape index (κ2) is 9.16. The van der Waals surface area contributed by atoms with Gasteiger partial charge >= 0.3 is 0 Å². The van der Waals surface area contributed by atoms with E-state index in [9.17, 15) is 4.79 Å². The van der Waals surface area contributed by atoms with Crippen LogP contribution < -0.4 is 10.6 Å². The Labute approximate surface area is 146 Å². The molecule has 2 atom stereocenters. The van der Waals surface area contributed by atoms with Gasteiger partial charge in [0.25, 0.3) is 0 Å². The van der Waals surface area contributed by atoms with Gasteiger partial charge in [-0.25, -0.2) is 0 Å². The first-order valence-corrected chi connectivity index (χ1v) is 8.16. The number of amides is 1. The minimum Gasteiger partial charge on any atom is -0.345 e. The molecule has 0 saturated carbocycles. The lowest BCUT2D eigenvalue weighted by Crippen LogP contribution is -2.37. The van der Waals surface area contributed by atoms with E-state index in [2.05, 4.69) is 16.0 Å². The van der Waals surface area contributed by atoms with E-state index in [0.29, 0.717) is 11.6 Å². The molecule has 0 bridgehead atoms. The van der Waals surface area contributed by atoms with Crippen LogP contribution in [0.1, 0.15) is 24.1 Å². The Balaban J connectivity index is 0.00000242. The van der Waals surface area contributed by atoms with Crippen molar-refractivity contribution in [2.45, 2.75) is 13.0 Å². The number of carbonyl (C=O) groups excluding carboxylic acids is 1. The summed E-state index contributed by atoms with van der Waals surface area (Å²) in [6.07, 6.45) is 0. The molecule has 22 heavy (non-hydrogen) atoms. The highest BCUT2D eigenvalue weighted by Crippen LogP contribution is 2.25. The van der Waals surface area contributed by atoms with E-state index in [1.54, 1.807) is 11.3 Å². The second-order valence-corrected chi connectivity index (χ2v) is 6.23. The van der Waals surface area contributed by atoms with E-state index < -0.39 is 0 Å². The molecule has 3 nitrogen and oxygen atoms in total. The third-order valence-electron chi connectivity index (χ3n) is 3.32. The monoisotopic (exact) mass is 358 g/mol. The van der Waals surface area contributed by atoms with Crippen LogP contribution in [0.4, 0.5) is 0 Å². The number of halogens is 2. The van der Waals surface area contributed by atoms with Gasteiger partial charge in [0.1, 0.15) is 0 Å². The maximum absolute atomic E-state index is 12.3. The summed E-state index contributed by atoms with van der Waals surface area (Å²) in [5.41, 5.74) is 2.12. The van der Waals surface area contributed by atoms with Gasteiger partial charge in [-0.05, 0) is 47.1 Å². The summed E-state index contributed by atoms with van der Waals surface area (Å²) in [6.45, 7) is 2.57. The van der Waals surface area contributed by atoms with Crippen LogP contribution in [0.3, 0.4) is 0 Å². The summed E-state index contributed by atoms with van der Waals surface area (Å²) in [6, 6.07) is 9.49. The molecule has 2 unspecified atom stereocenters. The summed E-state index contributed by atoms with van der Waals surface area (Å²) in [4.78, 5) is 12.3. The molecule has 0 spiro atoms.